The van der Waals surface area contributed by atoms with E-state index in [1.807, 2.05) is 18.5 Å². The van der Waals surface area contributed by atoms with Crippen molar-refractivity contribution in [2.75, 3.05) is 0 Å². The van der Waals surface area contributed by atoms with Crippen molar-refractivity contribution in [2.45, 2.75) is 24.9 Å². The molecule has 3 nitrogen and oxygen atoms in total. The average Bonchev–Trinajstić information content (AvgIpc) is 3.13. The van der Waals surface area contributed by atoms with Gasteiger partial charge in [0.15, 0.2) is 0 Å². The van der Waals surface area contributed by atoms with E-state index < -0.39 is 0 Å². The van der Waals surface area contributed by atoms with Gasteiger partial charge in [0.1, 0.15) is 6.04 Å². The largest absolute Gasteiger partial charge is 0.364 e. The molecule has 1 aliphatic heterocycles. The second kappa shape index (κ2) is 7.31. The van der Waals surface area contributed by atoms with Crippen LogP contribution >= 0.6 is 0 Å². The molecule has 0 amide bonds. The first-order chi connectivity index (χ1) is 12.4. The number of rotatable bonds is 5. The molecule has 1 aromatic heterocycles. The van der Waals surface area contributed by atoms with Gasteiger partial charge in [-0.25, -0.2) is 0 Å². The van der Waals surface area contributed by atoms with Crippen LogP contribution in [0.25, 0.3) is 0 Å². The van der Waals surface area contributed by atoms with Gasteiger partial charge in [-0.1, -0.05) is 66.7 Å². The molecular weight excluding hydrogens is 306 g/mol. The quantitative estimate of drug-likeness (QED) is 0.749. The average molecular weight is 327 g/mol. The minimum Gasteiger partial charge on any atom is -0.364 e. The number of hydrogen-bond donors (Lipinski definition) is 1. The van der Waals surface area contributed by atoms with Crippen LogP contribution in [0.2, 0.25) is 0 Å². The Morgan fingerprint density at radius 1 is 0.760 bits per heavy atom. The lowest BCUT2D eigenvalue weighted by molar-refractivity contribution is 0.570. The molecule has 0 bridgehead atoms. The number of aryl methyl sites for hydroxylation is 1. The van der Waals surface area contributed by atoms with Gasteiger partial charge in [0, 0.05) is 18.8 Å². The first kappa shape index (κ1) is 15.6. The Bertz CT molecular complexity index is 829. The minimum absolute atomic E-state index is 0.0712. The standard InChI is InChI=1S/C22H21N3/c1-3-8-17(9-4-1)13-14-20-24-21(18-10-5-2-6-11-18)22(25-20)19-12-7-15-23-16-19/h1-12,15-16,21-22H,13-14H2,(H,24,25)/t21-,22?/m1/s1. The predicted octanol–water partition coefficient (Wildman–Crippen LogP) is 4.50. The van der Waals surface area contributed by atoms with Crippen molar-refractivity contribution in [2.24, 2.45) is 4.99 Å². The molecule has 4 rings (SSSR count). The zero-order valence-electron chi connectivity index (χ0n) is 14.0. The fourth-order valence-corrected chi connectivity index (χ4v) is 3.33. The Labute approximate surface area is 148 Å². The second-order valence-corrected chi connectivity index (χ2v) is 6.33. The summed E-state index contributed by atoms with van der Waals surface area (Å²) < 4.78 is 0. The lowest BCUT2D eigenvalue weighted by Gasteiger charge is -2.19. The molecule has 2 atom stereocenters. The maximum Gasteiger partial charge on any atom is 0.103 e. The third-order valence-electron chi connectivity index (χ3n) is 4.61. The zero-order valence-corrected chi connectivity index (χ0v) is 14.0. The van der Waals surface area contributed by atoms with E-state index in [-0.39, 0.29) is 12.1 Å². The number of amidine groups is 1. The Kier molecular flexibility index (Phi) is 4.55. The number of pyridine rings is 1. The van der Waals surface area contributed by atoms with Gasteiger partial charge in [-0.3, -0.25) is 9.98 Å². The molecule has 25 heavy (non-hydrogen) atoms. The molecule has 2 heterocycles. The van der Waals surface area contributed by atoms with Crippen LogP contribution in [-0.4, -0.2) is 10.8 Å². The Morgan fingerprint density at radius 2 is 1.48 bits per heavy atom. The molecular formula is C22H21N3. The summed E-state index contributed by atoms with van der Waals surface area (Å²) in [6, 6.07) is 25.4. The van der Waals surface area contributed by atoms with Crippen LogP contribution in [0.4, 0.5) is 0 Å². The summed E-state index contributed by atoms with van der Waals surface area (Å²) in [5.41, 5.74) is 3.75. The van der Waals surface area contributed by atoms with Gasteiger partial charge >= 0.3 is 0 Å². The number of hydrogen-bond acceptors (Lipinski definition) is 3. The van der Waals surface area contributed by atoms with Gasteiger partial charge in [0.2, 0.25) is 0 Å². The summed E-state index contributed by atoms with van der Waals surface area (Å²) in [5, 5.41) is 3.65. The van der Waals surface area contributed by atoms with Gasteiger partial charge in [0.05, 0.1) is 11.9 Å². The fourth-order valence-electron chi connectivity index (χ4n) is 3.33. The molecule has 3 heteroatoms. The van der Waals surface area contributed by atoms with E-state index in [4.69, 9.17) is 4.99 Å². The first-order valence-corrected chi connectivity index (χ1v) is 8.72. The Hall–Kier alpha value is -2.94. The number of aliphatic imine (C=N–C) groups is 1. The first-order valence-electron chi connectivity index (χ1n) is 8.72. The van der Waals surface area contributed by atoms with Crippen molar-refractivity contribution < 1.29 is 0 Å². The van der Waals surface area contributed by atoms with Crippen LogP contribution in [0.15, 0.2) is 90.2 Å². The Morgan fingerprint density at radius 3 is 2.20 bits per heavy atom. The third kappa shape index (κ3) is 3.61. The molecule has 1 unspecified atom stereocenters. The van der Waals surface area contributed by atoms with E-state index in [0.29, 0.717) is 0 Å². The van der Waals surface area contributed by atoms with Crippen molar-refractivity contribution >= 4 is 5.84 Å². The highest BCUT2D eigenvalue weighted by Gasteiger charge is 2.30. The van der Waals surface area contributed by atoms with E-state index >= 15 is 0 Å². The number of aromatic nitrogens is 1. The lowest BCUT2D eigenvalue weighted by atomic mass is 9.96. The van der Waals surface area contributed by atoms with Crippen molar-refractivity contribution in [1.29, 1.82) is 0 Å². The maximum atomic E-state index is 5.00. The highest BCUT2D eigenvalue weighted by molar-refractivity contribution is 5.85. The van der Waals surface area contributed by atoms with E-state index in [0.717, 1.165) is 24.2 Å². The van der Waals surface area contributed by atoms with Crippen molar-refractivity contribution in [1.82, 2.24) is 10.3 Å². The summed E-state index contributed by atoms with van der Waals surface area (Å²) in [5.74, 6) is 1.08. The SMILES string of the molecule is c1ccc(CCC2=NC(c3cccnc3)[C@@H](c3ccccc3)N2)cc1. The number of nitrogens with zero attached hydrogens (tertiary/aromatic N) is 2. The van der Waals surface area contributed by atoms with Gasteiger partial charge in [0.25, 0.3) is 0 Å². The molecule has 0 saturated heterocycles. The van der Waals surface area contributed by atoms with Gasteiger partial charge < -0.3 is 5.32 Å². The van der Waals surface area contributed by atoms with Gasteiger partial charge in [-0.05, 0) is 29.2 Å². The molecule has 1 N–H and O–H groups in total. The van der Waals surface area contributed by atoms with E-state index in [2.05, 4.69) is 77.0 Å². The van der Waals surface area contributed by atoms with Crippen LogP contribution in [-0.2, 0) is 6.42 Å². The topological polar surface area (TPSA) is 37.3 Å². The number of benzene rings is 2. The zero-order chi connectivity index (χ0) is 16.9. The van der Waals surface area contributed by atoms with E-state index in [9.17, 15) is 0 Å². The minimum atomic E-state index is 0.0712. The number of nitrogens with one attached hydrogen (secondary N) is 1. The second-order valence-electron chi connectivity index (χ2n) is 6.33. The van der Waals surface area contributed by atoms with Crippen LogP contribution in [0.5, 0.6) is 0 Å². The molecule has 1 aliphatic rings. The Balaban J connectivity index is 1.57. The third-order valence-corrected chi connectivity index (χ3v) is 4.61. The molecule has 0 aliphatic carbocycles. The molecule has 124 valence electrons. The highest BCUT2D eigenvalue weighted by Crippen LogP contribution is 2.36. The molecule has 2 aromatic carbocycles. The molecule has 0 saturated carbocycles. The monoisotopic (exact) mass is 327 g/mol. The molecule has 3 aromatic rings. The summed E-state index contributed by atoms with van der Waals surface area (Å²) in [7, 11) is 0. The fraction of sp³-hybridized carbons (Fsp3) is 0.182. The van der Waals surface area contributed by atoms with Gasteiger partial charge in [-0.15, -0.1) is 0 Å². The van der Waals surface area contributed by atoms with Crippen molar-refractivity contribution in [3.63, 3.8) is 0 Å². The van der Waals surface area contributed by atoms with Crippen molar-refractivity contribution in [3.8, 4) is 0 Å². The molecule has 0 spiro atoms. The smallest absolute Gasteiger partial charge is 0.103 e. The van der Waals surface area contributed by atoms with E-state index in [1.54, 1.807) is 0 Å². The maximum absolute atomic E-state index is 5.00. The lowest BCUT2D eigenvalue weighted by Crippen LogP contribution is -2.24. The summed E-state index contributed by atoms with van der Waals surface area (Å²) in [6.45, 7) is 0. The summed E-state index contributed by atoms with van der Waals surface area (Å²) in [6.07, 6.45) is 5.65. The summed E-state index contributed by atoms with van der Waals surface area (Å²) in [4.78, 5) is 9.28. The van der Waals surface area contributed by atoms with Crippen LogP contribution in [0.1, 0.15) is 35.2 Å². The predicted molar refractivity (Wildman–Crippen MR) is 101 cm³/mol. The van der Waals surface area contributed by atoms with Crippen LogP contribution in [0.3, 0.4) is 0 Å². The van der Waals surface area contributed by atoms with Crippen LogP contribution in [0, 0.1) is 0 Å². The normalized spacial score (nSPS) is 19.3. The van der Waals surface area contributed by atoms with E-state index in [1.165, 1.54) is 11.1 Å². The van der Waals surface area contributed by atoms with Crippen molar-refractivity contribution in [3.05, 3.63) is 102 Å². The molecule has 0 radical (unpaired) electrons. The molecule has 0 fully saturated rings. The van der Waals surface area contributed by atoms with Gasteiger partial charge in [-0.2, -0.15) is 0 Å². The highest BCUT2D eigenvalue weighted by atomic mass is 15.1. The van der Waals surface area contributed by atoms with Crippen LogP contribution < -0.4 is 5.32 Å². The summed E-state index contributed by atoms with van der Waals surface area (Å²) >= 11 is 0.